The van der Waals surface area contributed by atoms with E-state index in [0.29, 0.717) is 6.54 Å². The Bertz CT molecular complexity index is 421. The summed E-state index contributed by atoms with van der Waals surface area (Å²) in [6.07, 6.45) is 0. The molecular formula is C15H21NO2. The fourth-order valence-electron chi connectivity index (χ4n) is 1.83. The van der Waals surface area contributed by atoms with Crippen molar-refractivity contribution in [2.24, 2.45) is 11.3 Å². The Hall–Kier alpha value is -1.64. The molecule has 0 atom stereocenters. The molecule has 0 aromatic heterocycles. The topological polar surface area (TPSA) is 46.2 Å². The van der Waals surface area contributed by atoms with Crippen LogP contribution in [-0.2, 0) is 16.1 Å². The van der Waals surface area contributed by atoms with Gasteiger partial charge in [-0.15, -0.1) is 0 Å². The summed E-state index contributed by atoms with van der Waals surface area (Å²) in [6.45, 7) is 7.43. The van der Waals surface area contributed by atoms with Crippen LogP contribution in [0.2, 0.25) is 0 Å². The average molecular weight is 247 g/mol. The number of rotatable bonds is 5. The van der Waals surface area contributed by atoms with Gasteiger partial charge in [-0.1, -0.05) is 44.2 Å². The number of carbonyl (C=O) groups excluding carboxylic acids is 2. The molecule has 0 unspecified atom stereocenters. The largest absolute Gasteiger partial charge is 0.351 e. The van der Waals surface area contributed by atoms with Crippen LogP contribution in [-0.4, -0.2) is 11.7 Å². The summed E-state index contributed by atoms with van der Waals surface area (Å²) >= 11 is 0. The van der Waals surface area contributed by atoms with Gasteiger partial charge in [-0.2, -0.15) is 0 Å². The highest BCUT2D eigenvalue weighted by Crippen LogP contribution is 2.21. The van der Waals surface area contributed by atoms with Crippen molar-refractivity contribution in [1.82, 2.24) is 5.32 Å². The van der Waals surface area contributed by atoms with E-state index >= 15 is 0 Å². The van der Waals surface area contributed by atoms with Gasteiger partial charge in [-0.05, 0) is 19.4 Å². The number of carbonyl (C=O) groups is 2. The van der Waals surface area contributed by atoms with Gasteiger partial charge in [0.05, 0.1) is 0 Å². The summed E-state index contributed by atoms with van der Waals surface area (Å²) in [4.78, 5) is 24.0. The number of hydrogen-bond acceptors (Lipinski definition) is 2. The van der Waals surface area contributed by atoms with E-state index in [1.54, 1.807) is 13.8 Å². The van der Waals surface area contributed by atoms with E-state index in [-0.39, 0.29) is 17.6 Å². The molecule has 0 aliphatic carbocycles. The Morgan fingerprint density at radius 1 is 1.17 bits per heavy atom. The molecule has 18 heavy (non-hydrogen) atoms. The van der Waals surface area contributed by atoms with Gasteiger partial charge < -0.3 is 5.32 Å². The molecule has 0 heterocycles. The maximum absolute atomic E-state index is 12.1. The summed E-state index contributed by atoms with van der Waals surface area (Å²) < 4.78 is 0. The van der Waals surface area contributed by atoms with Crippen molar-refractivity contribution in [3.63, 3.8) is 0 Å². The summed E-state index contributed by atoms with van der Waals surface area (Å²) in [5.74, 6) is -0.388. The van der Waals surface area contributed by atoms with Crippen molar-refractivity contribution in [3.8, 4) is 0 Å². The second kappa shape index (κ2) is 5.80. The second-order valence-electron chi connectivity index (χ2n) is 5.31. The average Bonchev–Trinajstić information content (AvgIpc) is 2.35. The van der Waals surface area contributed by atoms with Crippen LogP contribution < -0.4 is 5.32 Å². The monoisotopic (exact) mass is 247 g/mol. The van der Waals surface area contributed by atoms with Gasteiger partial charge in [-0.3, -0.25) is 9.59 Å². The van der Waals surface area contributed by atoms with Crippen LogP contribution in [0.15, 0.2) is 30.3 Å². The zero-order valence-corrected chi connectivity index (χ0v) is 11.5. The third-order valence-corrected chi connectivity index (χ3v) is 3.00. The van der Waals surface area contributed by atoms with E-state index in [4.69, 9.17) is 0 Å². The molecule has 98 valence electrons. The van der Waals surface area contributed by atoms with E-state index in [0.717, 1.165) is 5.56 Å². The quantitative estimate of drug-likeness (QED) is 0.813. The van der Waals surface area contributed by atoms with Crippen molar-refractivity contribution >= 4 is 11.7 Å². The number of ketones is 1. The van der Waals surface area contributed by atoms with Gasteiger partial charge in [0.1, 0.15) is 11.2 Å². The number of nitrogens with one attached hydrogen (secondary N) is 1. The highest BCUT2D eigenvalue weighted by atomic mass is 16.2. The van der Waals surface area contributed by atoms with Crippen molar-refractivity contribution in [1.29, 1.82) is 0 Å². The molecular weight excluding hydrogens is 226 g/mol. The van der Waals surface area contributed by atoms with Crippen LogP contribution in [0.4, 0.5) is 0 Å². The van der Waals surface area contributed by atoms with Crippen LogP contribution in [0.1, 0.15) is 33.3 Å². The summed E-state index contributed by atoms with van der Waals surface area (Å²) in [6, 6.07) is 9.66. The number of amides is 1. The van der Waals surface area contributed by atoms with Gasteiger partial charge >= 0.3 is 0 Å². The molecule has 1 N–H and O–H groups in total. The predicted octanol–water partition coefficient (Wildman–Crippen LogP) is 2.55. The fourth-order valence-corrected chi connectivity index (χ4v) is 1.83. The Labute approximate surface area is 109 Å². The van der Waals surface area contributed by atoms with Crippen molar-refractivity contribution < 1.29 is 9.59 Å². The molecule has 0 bridgehead atoms. The highest BCUT2D eigenvalue weighted by molar-refractivity contribution is 6.05. The van der Waals surface area contributed by atoms with Crippen LogP contribution in [0.25, 0.3) is 0 Å². The first-order valence-corrected chi connectivity index (χ1v) is 6.22. The predicted molar refractivity (Wildman–Crippen MR) is 71.9 cm³/mol. The number of benzene rings is 1. The maximum atomic E-state index is 12.1. The molecule has 0 saturated heterocycles. The fraction of sp³-hybridized carbons (Fsp3) is 0.467. The van der Waals surface area contributed by atoms with Gasteiger partial charge in [-0.25, -0.2) is 0 Å². The van der Waals surface area contributed by atoms with Crippen LogP contribution in [0.3, 0.4) is 0 Å². The minimum atomic E-state index is -0.969. The second-order valence-corrected chi connectivity index (χ2v) is 5.31. The highest BCUT2D eigenvalue weighted by Gasteiger charge is 2.36. The molecule has 1 aromatic carbocycles. The third kappa shape index (κ3) is 3.42. The van der Waals surface area contributed by atoms with E-state index in [1.165, 1.54) is 0 Å². The Morgan fingerprint density at radius 3 is 2.22 bits per heavy atom. The van der Waals surface area contributed by atoms with Gasteiger partial charge in [0, 0.05) is 12.5 Å². The lowest BCUT2D eigenvalue weighted by atomic mass is 9.81. The molecule has 0 aliphatic heterocycles. The van der Waals surface area contributed by atoms with Crippen LogP contribution in [0, 0.1) is 11.3 Å². The van der Waals surface area contributed by atoms with Crippen molar-refractivity contribution in [2.75, 3.05) is 0 Å². The normalized spacial score (nSPS) is 11.4. The van der Waals surface area contributed by atoms with Crippen molar-refractivity contribution in [3.05, 3.63) is 35.9 Å². The molecule has 3 nitrogen and oxygen atoms in total. The number of Topliss-reactive ketones (excluding diaryl/α,β-unsaturated/α-hetero) is 1. The third-order valence-electron chi connectivity index (χ3n) is 3.00. The Balaban J connectivity index is 2.63. The molecule has 0 saturated carbocycles. The molecule has 1 amide bonds. The summed E-state index contributed by atoms with van der Waals surface area (Å²) in [5.41, 5.74) is 0.0572. The van der Waals surface area contributed by atoms with E-state index < -0.39 is 5.41 Å². The summed E-state index contributed by atoms with van der Waals surface area (Å²) in [7, 11) is 0. The minimum Gasteiger partial charge on any atom is -0.351 e. The lowest BCUT2D eigenvalue weighted by Crippen LogP contribution is -2.43. The first-order chi connectivity index (χ1) is 8.35. The molecule has 0 aliphatic rings. The number of hydrogen-bond donors (Lipinski definition) is 1. The smallest absolute Gasteiger partial charge is 0.233 e. The maximum Gasteiger partial charge on any atom is 0.233 e. The lowest BCUT2D eigenvalue weighted by molar-refractivity contribution is -0.142. The van der Waals surface area contributed by atoms with Gasteiger partial charge in [0.2, 0.25) is 5.91 Å². The first kappa shape index (κ1) is 14.4. The van der Waals surface area contributed by atoms with E-state index in [1.807, 2.05) is 44.2 Å². The molecule has 0 fully saturated rings. The molecule has 1 aromatic rings. The first-order valence-electron chi connectivity index (χ1n) is 6.22. The molecule has 0 spiro atoms. The zero-order chi connectivity index (χ0) is 13.8. The van der Waals surface area contributed by atoms with Crippen LogP contribution in [0.5, 0.6) is 0 Å². The van der Waals surface area contributed by atoms with Crippen molar-refractivity contribution in [2.45, 2.75) is 34.2 Å². The van der Waals surface area contributed by atoms with E-state index in [2.05, 4.69) is 5.32 Å². The SMILES string of the molecule is CC(C)C(=O)C(C)(C)C(=O)NCc1ccccc1. The Kier molecular flexibility index (Phi) is 4.65. The summed E-state index contributed by atoms with van der Waals surface area (Å²) in [5, 5.41) is 2.82. The molecule has 3 heteroatoms. The Morgan fingerprint density at radius 2 is 1.72 bits per heavy atom. The van der Waals surface area contributed by atoms with Gasteiger partial charge in [0.25, 0.3) is 0 Å². The van der Waals surface area contributed by atoms with E-state index in [9.17, 15) is 9.59 Å². The minimum absolute atomic E-state index is 0.0342. The van der Waals surface area contributed by atoms with Crippen LogP contribution >= 0.6 is 0 Å². The molecule has 0 radical (unpaired) electrons. The van der Waals surface area contributed by atoms with Gasteiger partial charge in [0.15, 0.2) is 0 Å². The zero-order valence-electron chi connectivity index (χ0n) is 11.5. The lowest BCUT2D eigenvalue weighted by Gasteiger charge is -2.24. The standard InChI is InChI=1S/C15H21NO2/c1-11(2)13(17)15(3,4)14(18)16-10-12-8-6-5-7-9-12/h5-9,11H,10H2,1-4H3,(H,16,18). The molecule has 1 rings (SSSR count).